The lowest BCUT2D eigenvalue weighted by Crippen LogP contribution is -2.41. The number of rotatable bonds is 2. The minimum atomic E-state index is -0.542. The molecule has 3 heterocycles. The van der Waals surface area contributed by atoms with Crippen LogP contribution in [0.1, 0.15) is 27.7 Å². The molecule has 1 aliphatic rings. The summed E-state index contributed by atoms with van der Waals surface area (Å²) in [5.41, 5.74) is 5.42. The summed E-state index contributed by atoms with van der Waals surface area (Å²) in [6, 6.07) is 31.5. The molecule has 7 aromatic rings. The average Bonchev–Trinajstić information content (AvgIpc) is 3.54. The van der Waals surface area contributed by atoms with Crippen molar-refractivity contribution in [2.45, 2.75) is 38.9 Å². The van der Waals surface area contributed by atoms with Crippen molar-refractivity contribution in [3.63, 3.8) is 0 Å². The van der Waals surface area contributed by atoms with Crippen LogP contribution in [-0.2, 0) is 9.31 Å². The summed E-state index contributed by atoms with van der Waals surface area (Å²) < 4.78 is 26.2. The third-order valence-corrected chi connectivity index (χ3v) is 8.69. The van der Waals surface area contributed by atoms with E-state index in [-0.39, 0.29) is 0 Å². The van der Waals surface area contributed by atoms with Gasteiger partial charge in [0.1, 0.15) is 22.3 Å². The van der Waals surface area contributed by atoms with E-state index in [2.05, 4.69) is 100 Å². The Balaban J connectivity index is 1.44. The highest BCUT2D eigenvalue weighted by atomic mass is 16.7. The molecule has 8 rings (SSSR count). The first kappa shape index (κ1) is 22.9. The molecule has 0 N–H and O–H groups in total. The summed E-state index contributed by atoms with van der Waals surface area (Å²) in [5.74, 6) is 0. The fraction of sp³-hybridized carbons (Fsp3) is 0.176. The molecule has 0 spiro atoms. The van der Waals surface area contributed by atoms with E-state index in [0.29, 0.717) is 0 Å². The van der Waals surface area contributed by atoms with Gasteiger partial charge in [0.2, 0.25) is 0 Å². The lowest BCUT2D eigenvalue weighted by Gasteiger charge is -2.32. The Kier molecular flexibility index (Phi) is 4.55. The standard InChI is InChI=1S/C34H27BO4/c1-33(2)34(3,4)39-35(38-33)27-17-22(23-13-9-14-25-24-12-7-8-15-28(24)37-32(23)25)19-30-31(27)26-16-20-10-5-6-11-21(20)18-29(26)36-30/h5-19H,1-4H3. The highest BCUT2D eigenvalue weighted by Crippen LogP contribution is 2.41. The lowest BCUT2D eigenvalue weighted by atomic mass is 9.75. The van der Waals surface area contributed by atoms with Gasteiger partial charge in [-0.2, -0.15) is 0 Å². The number of fused-ring (bicyclic) bond motifs is 7. The summed E-state index contributed by atoms with van der Waals surface area (Å²) in [6.45, 7) is 8.35. The zero-order valence-corrected chi connectivity index (χ0v) is 22.4. The molecular weight excluding hydrogens is 483 g/mol. The van der Waals surface area contributed by atoms with E-state index >= 15 is 0 Å². The zero-order chi connectivity index (χ0) is 26.5. The topological polar surface area (TPSA) is 44.7 Å². The van der Waals surface area contributed by atoms with E-state index in [1.165, 1.54) is 5.39 Å². The molecule has 0 saturated carbocycles. The monoisotopic (exact) mass is 510 g/mol. The van der Waals surface area contributed by atoms with Gasteiger partial charge in [-0.3, -0.25) is 0 Å². The van der Waals surface area contributed by atoms with Crippen molar-refractivity contribution in [2.75, 3.05) is 0 Å². The number of hydrogen-bond donors (Lipinski definition) is 0. The third kappa shape index (κ3) is 3.27. The quantitative estimate of drug-likeness (QED) is 0.219. The van der Waals surface area contributed by atoms with Crippen LogP contribution in [0.3, 0.4) is 0 Å². The second-order valence-corrected chi connectivity index (χ2v) is 11.6. The largest absolute Gasteiger partial charge is 0.495 e. The van der Waals surface area contributed by atoms with Crippen molar-refractivity contribution in [3.8, 4) is 11.1 Å². The fourth-order valence-electron chi connectivity index (χ4n) is 5.91. The van der Waals surface area contributed by atoms with E-state index < -0.39 is 18.3 Å². The molecule has 39 heavy (non-hydrogen) atoms. The molecule has 0 bridgehead atoms. The molecule has 190 valence electrons. The Labute approximate surface area is 226 Å². The summed E-state index contributed by atoms with van der Waals surface area (Å²) >= 11 is 0. The second-order valence-electron chi connectivity index (χ2n) is 11.6. The Bertz CT molecular complexity index is 2080. The van der Waals surface area contributed by atoms with Gasteiger partial charge in [-0.15, -0.1) is 0 Å². The van der Waals surface area contributed by atoms with Crippen LogP contribution in [0.15, 0.2) is 99.8 Å². The number of furan rings is 2. The predicted molar refractivity (Wildman–Crippen MR) is 160 cm³/mol. The Morgan fingerprint density at radius 2 is 1.26 bits per heavy atom. The minimum Gasteiger partial charge on any atom is -0.456 e. The molecule has 0 atom stereocenters. The van der Waals surface area contributed by atoms with Crippen LogP contribution in [-0.4, -0.2) is 18.3 Å². The first-order valence-electron chi connectivity index (χ1n) is 13.4. The molecular formula is C34H27BO4. The molecule has 5 aromatic carbocycles. The highest BCUT2D eigenvalue weighted by molar-refractivity contribution is 6.66. The van der Waals surface area contributed by atoms with E-state index in [1.54, 1.807) is 0 Å². The van der Waals surface area contributed by atoms with E-state index in [9.17, 15) is 0 Å². The van der Waals surface area contributed by atoms with Gasteiger partial charge < -0.3 is 18.1 Å². The van der Waals surface area contributed by atoms with Crippen LogP contribution >= 0.6 is 0 Å². The van der Waals surface area contributed by atoms with Crippen LogP contribution in [0.25, 0.3) is 65.8 Å². The number of hydrogen-bond acceptors (Lipinski definition) is 4. The Morgan fingerprint density at radius 1 is 0.564 bits per heavy atom. The Hall–Kier alpha value is -4.06. The highest BCUT2D eigenvalue weighted by Gasteiger charge is 2.52. The van der Waals surface area contributed by atoms with Gasteiger partial charge in [-0.05, 0) is 73.8 Å². The summed E-state index contributed by atoms with van der Waals surface area (Å²) in [4.78, 5) is 0. The molecule has 0 radical (unpaired) electrons. The van der Waals surface area contributed by atoms with Gasteiger partial charge in [-0.25, -0.2) is 0 Å². The summed E-state index contributed by atoms with van der Waals surface area (Å²) in [6.07, 6.45) is 0. The van der Waals surface area contributed by atoms with Crippen molar-refractivity contribution >= 4 is 67.2 Å². The number of benzene rings is 5. The Morgan fingerprint density at radius 3 is 2.05 bits per heavy atom. The van der Waals surface area contributed by atoms with Gasteiger partial charge in [-0.1, -0.05) is 66.7 Å². The molecule has 5 heteroatoms. The molecule has 1 saturated heterocycles. The van der Waals surface area contributed by atoms with Gasteiger partial charge in [0.05, 0.1) is 11.2 Å². The van der Waals surface area contributed by atoms with Crippen LogP contribution in [0.5, 0.6) is 0 Å². The maximum absolute atomic E-state index is 6.60. The third-order valence-electron chi connectivity index (χ3n) is 8.69. The molecule has 0 unspecified atom stereocenters. The average molecular weight is 510 g/mol. The van der Waals surface area contributed by atoms with Gasteiger partial charge in [0.25, 0.3) is 0 Å². The normalized spacial score (nSPS) is 16.9. The van der Waals surface area contributed by atoms with Crippen molar-refractivity contribution in [1.29, 1.82) is 0 Å². The maximum Gasteiger partial charge on any atom is 0.495 e. The molecule has 1 fully saturated rings. The predicted octanol–water partition coefficient (Wildman–Crippen LogP) is 8.60. The lowest BCUT2D eigenvalue weighted by molar-refractivity contribution is 0.00578. The van der Waals surface area contributed by atoms with Crippen LogP contribution in [0, 0.1) is 0 Å². The van der Waals surface area contributed by atoms with Gasteiger partial charge in [0, 0.05) is 27.1 Å². The summed E-state index contributed by atoms with van der Waals surface area (Å²) in [7, 11) is -0.542. The summed E-state index contributed by atoms with van der Waals surface area (Å²) in [5, 5.41) is 6.60. The van der Waals surface area contributed by atoms with Crippen molar-refractivity contribution in [2.24, 2.45) is 0 Å². The van der Waals surface area contributed by atoms with E-state index in [0.717, 1.165) is 65.9 Å². The SMILES string of the molecule is CC1(C)OB(c2cc(-c3cccc4c3oc3ccccc34)cc3oc4cc5ccccc5cc4c23)OC1(C)C. The van der Waals surface area contributed by atoms with E-state index in [1.807, 2.05) is 18.2 Å². The van der Waals surface area contributed by atoms with Crippen LogP contribution in [0.4, 0.5) is 0 Å². The number of para-hydroxylation sites is 2. The fourth-order valence-corrected chi connectivity index (χ4v) is 5.91. The van der Waals surface area contributed by atoms with Gasteiger partial charge in [0.15, 0.2) is 0 Å². The van der Waals surface area contributed by atoms with Crippen molar-refractivity contribution < 1.29 is 18.1 Å². The maximum atomic E-state index is 6.60. The molecule has 0 aliphatic carbocycles. The molecule has 2 aromatic heterocycles. The van der Waals surface area contributed by atoms with E-state index in [4.69, 9.17) is 18.1 Å². The first-order chi connectivity index (χ1) is 18.8. The van der Waals surface area contributed by atoms with Crippen LogP contribution in [0.2, 0.25) is 0 Å². The minimum absolute atomic E-state index is 0.467. The van der Waals surface area contributed by atoms with Crippen molar-refractivity contribution in [1.82, 2.24) is 0 Å². The second kappa shape index (κ2) is 7.75. The molecule has 1 aliphatic heterocycles. The van der Waals surface area contributed by atoms with Gasteiger partial charge >= 0.3 is 7.12 Å². The smallest absolute Gasteiger partial charge is 0.456 e. The zero-order valence-electron chi connectivity index (χ0n) is 22.4. The molecule has 0 amide bonds. The van der Waals surface area contributed by atoms with Crippen LogP contribution < -0.4 is 5.46 Å². The molecule has 4 nitrogen and oxygen atoms in total. The first-order valence-corrected chi connectivity index (χ1v) is 13.4. The van der Waals surface area contributed by atoms with Crippen molar-refractivity contribution in [3.05, 3.63) is 91.0 Å².